The van der Waals surface area contributed by atoms with Crippen LogP contribution in [0.3, 0.4) is 0 Å². The SMILES string of the molecule is [O-]C1=CCCC1O. The third-order valence-corrected chi connectivity index (χ3v) is 1.11. The molecule has 0 heterocycles. The van der Waals surface area contributed by atoms with Gasteiger partial charge in [0.05, 0.1) is 6.10 Å². The van der Waals surface area contributed by atoms with Gasteiger partial charge in [-0.1, -0.05) is 6.08 Å². The Balaban J connectivity index is 2.54. The molecule has 7 heavy (non-hydrogen) atoms. The highest BCUT2D eigenvalue weighted by Crippen LogP contribution is 2.12. The molecule has 1 unspecified atom stereocenters. The lowest BCUT2D eigenvalue weighted by Crippen LogP contribution is -2.15. The number of allylic oxidation sites excluding steroid dienone is 1. The Labute approximate surface area is 42.1 Å². The fourth-order valence-electron chi connectivity index (χ4n) is 0.662. The highest BCUT2D eigenvalue weighted by molar-refractivity contribution is 5.02. The molecule has 0 fully saturated rings. The summed E-state index contributed by atoms with van der Waals surface area (Å²) in [7, 11) is 0. The molecule has 0 aromatic carbocycles. The van der Waals surface area contributed by atoms with Crippen molar-refractivity contribution in [1.29, 1.82) is 0 Å². The number of aliphatic hydroxyl groups is 1. The number of hydrogen-bond acceptors (Lipinski definition) is 2. The Hall–Kier alpha value is -0.500. The molecule has 0 spiro atoms. The van der Waals surface area contributed by atoms with E-state index in [1.54, 1.807) is 0 Å². The van der Waals surface area contributed by atoms with Crippen molar-refractivity contribution >= 4 is 0 Å². The minimum absolute atomic E-state index is 0.111. The molecular weight excluding hydrogens is 92.1 g/mol. The lowest BCUT2D eigenvalue weighted by molar-refractivity contribution is -0.317. The minimum atomic E-state index is -0.681. The summed E-state index contributed by atoms with van der Waals surface area (Å²) < 4.78 is 0. The van der Waals surface area contributed by atoms with E-state index in [-0.39, 0.29) is 5.76 Å². The number of aliphatic hydroxyl groups excluding tert-OH is 1. The Morgan fingerprint density at radius 1 is 1.86 bits per heavy atom. The number of hydrogen-bond donors (Lipinski definition) is 1. The second-order valence-electron chi connectivity index (χ2n) is 1.70. The normalized spacial score (nSPS) is 30.4. The molecule has 1 rings (SSSR count). The van der Waals surface area contributed by atoms with E-state index in [0.717, 1.165) is 6.42 Å². The molecule has 1 aliphatic rings. The first-order chi connectivity index (χ1) is 3.30. The first-order valence-corrected chi connectivity index (χ1v) is 2.36. The van der Waals surface area contributed by atoms with Gasteiger partial charge in [0.1, 0.15) is 0 Å². The summed E-state index contributed by atoms with van der Waals surface area (Å²) in [5, 5.41) is 18.9. The Morgan fingerprint density at radius 3 is 2.71 bits per heavy atom. The summed E-state index contributed by atoms with van der Waals surface area (Å²) in [5.74, 6) is -0.111. The molecule has 1 N–H and O–H groups in total. The van der Waals surface area contributed by atoms with Gasteiger partial charge in [0.25, 0.3) is 0 Å². The van der Waals surface area contributed by atoms with E-state index in [1.165, 1.54) is 6.08 Å². The summed E-state index contributed by atoms with van der Waals surface area (Å²) in [6, 6.07) is 0. The second kappa shape index (κ2) is 1.54. The maximum absolute atomic E-state index is 10.3. The van der Waals surface area contributed by atoms with Gasteiger partial charge in [0.2, 0.25) is 0 Å². The topological polar surface area (TPSA) is 43.3 Å². The summed E-state index contributed by atoms with van der Waals surface area (Å²) in [6.45, 7) is 0. The first kappa shape index (κ1) is 4.65. The molecule has 0 saturated carbocycles. The predicted molar refractivity (Wildman–Crippen MR) is 23.3 cm³/mol. The summed E-state index contributed by atoms with van der Waals surface area (Å²) in [6.07, 6.45) is 2.23. The molecule has 0 saturated heterocycles. The van der Waals surface area contributed by atoms with Crippen LogP contribution < -0.4 is 5.11 Å². The van der Waals surface area contributed by atoms with Crippen molar-refractivity contribution in [2.45, 2.75) is 18.9 Å². The zero-order valence-corrected chi connectivity index (χ0v) is 3.92. The van der Waals surface area contributed by atoms with Gasteiger partial charge >= 0.3 is 0 Å². The second-order valence-corrected chi connectivity index (χ2v) is 1.70. The fraction of sp³-hybridized carbons (Fsp3) is 0.600. The van der Waals surface area contributed by atoms with Crippen molar-refractivity contribution in [3.05, 3.63) is 11.8 Å². The summed E-state index contributed by atoms with van der Waals surface area (Å²) >= 11 is 0. The Morgan fingerprint density at radius 2 is 2.57 bits per heavy atom. The molecule has 0 bridgehead atoms. The third kappa shape index (κ3) is 0.747. The maximum Gasteiger partial charge on any atom is 0.0650 e. The van der Waals surface area contributed by atoms with Crippen LogP contribution in [0.25, 0.3) is 0 Å². The highest BCUT2D eigenvalue weighted by atomic mass is 16.3. The third-order valence-electron chi connectivity index (χ3n) is 1.11. The molecule has 2 nitrogen and oxygen atoms in total. The number of rotatable bonds is 0. The van der Waals surface area contributed by atoms with Crippen molar-refractivity contribution in [3.8, 4) is 0 Å². The molecule has 0 radical (unpaired) electrons. The van der Waals surface area contributed by atoms with E-state index >= 15 is 0 Å². The quantitative estimate of drug-likeness (QED) is 0.440. The van der Waals surface area contributed by atoms with Crippen molar-refractivity contribution in [1.82, 2.24) is 0 Å². The standard InChI is InChI=1S/C5H8O2/c6-4-2-1-3-5(4)7/h2,5-7H,1,3H2/p-1. The average molecular weight is 99.1 g/mol. The summed E-state index contributed by atoms with van der Waals surface area (Å²) in [4.78, 5) is 0. The van der Waals surface area contributed by atoms with Crippen LogP contribution in [0, 0.1) is 0 Å². The van der Waals surface area contributed by atoms with Crippen LogP contribution in [0.1, 0.15) is 12.8 Å². The molecule has 0 aromatic heterocycles. The fourth-order valence-corrected chi connectivity index (χ4v) is 0.662. The average Bonchev–Trinajstić information content (AvgIpc) is 1.91. The molecule has 40 valence electrons. The molecule has 0 aliphatic heterocycles. The van der Waals surface area contributed by atoms with Gasteiger partial charge in [-0.3, -0.25) is 0 Å². The van der Waals surface area contributed by atoms with E-state index in [2.05, 4.69) is 0 Å². The van der Waals surface area contributed by atoms with Gasteiger partial charge in [-0.05, 0) is 12.8 Å². The zero-order chi connectivity index (χ0) is 5.28. The molecular formula is C5H7O2-. The van der Waals surface area contributed by atoms with Crippen LogP contribution in [0.4, 0.5) is 0 Å². The molecule has 0 aromatic rings. The van der Waals surface area contributed by atoms with Gasteiger partial charge in [-0.15, -0.1) is 5.76 Å². The lowest BCUT2D eigenvalue weighted by atomic mass is 10.3. The predicted octanol–water partition coefficient (Wildman–Crippen LogP) is -0.615. The maximum atomic E-state index is 10.3. The molecule has 0 amide bonds. The van der Waals surface area contributed by atoms with Crippen LogP contribution in [-0.4, -0.2) is 11.2 Å². The van der Waals surface area contributed by atoms with Gasteiger partial charge in [0.15, 0.2) is 0 Å². The Kier molecular flexibility index (Phi) is 1.02. The van der Waals surface area contributed by atoms with Crippen LogP contribution >= 0.6 is 0 Å². The van der Waals surface area contributed by atoms with Crippen molar-refractivity contribution in [3.63, 3.8) is 0 Å². The van der Waals surface area contributed by atoms with Crippen LogP contribution in [-0.2, 0) is 0 Å². The van der Waals surface area contributed by atoms with Gasteiger partial charge < -0.3 is 10.2 Å². The van der Waals surface area contributed by atoms with E-state index in [0.29, 0.717) is 6.42 Å². The van der Waals surface area contributed by atoms with Crippen LogP contribution in [0.2, 0.25) is 0 Å². The smallest absolute Gasteiger partial charge is 0.0650 e. The van der Waals surface area contributed by atoms with Gasteiger partial charge in [-0.25, -0.2) is 0 Å². The molecule has 2 heteroatoms. The zero-order valence-electron chi connectivity index (χ0n) is 3.92. The van der Waals surface area contributed by atoms with Crippen molar-refractivity contribution in [2.24, 2.45) is 0 Å². The van der Waals surface area contributed by atoms with E-state index in [9.17, 15) is 5.11 Å². The minimum Gasteiger partial charge on any atom is -0.874 e. The van der Waals surface area contributed by atoms with Crippen LogP contribution in [0.5, 0.6) is 0 Å². The Bertz CT molecular complexity index is 96.3. The molecule has 1 atom stereocenters. The molecule has 1 aliphatic carbocycles. The van der Waals surface area contributed by atoms with E-state index in [4.69, 9.17) is 5.11 Å². The van der Waals surface area contributed by atoms with Gasteiger partial charge in [-0.2, -0.15) is 0 Å². The van der Waals surface area contributed by atoms with Crippen molar-refractivity contribution < 1.29 is 10.2 Å². The van der Waals surface area contributed by atoms with Gasteiger partial charge in [0, 0.05) is 0 Å². The largest absolute Gasteiger partial charge is 0.874 e. The van der Waals surface area contributed by atoms with Crippen LogP contribution in [0.15, 0.2) is 11.8 Å². The highest BCUT2D eigenvalue weighted by Gasteiger charge is 2.05. The van der Waals surface area contributed by atoms with E-state index < -0.39 is 6.10 Å². The first-order valence-electron chi connectivity index (χ1n) is 2.36. The van der Waals surface area contributed by atoms with E-state index in [1.807, 2.05) is 0 Å². The van der Waals surface area contributed by atoms with Crippen molar-refractivity contribution in [2.75, 3.05) is 0 Å². The summed E-state index contributed by atoms with van der Waals surface area (Å²) in [5.41, 5.74) is 0. The lowest BCUT2D eigenvalue weighted by Gasteiger charge is -2.10. The monoisotopic (exact) mass is 99.0 g/mol.